The van der Waals surface area contributed by atoms with E-state index in [2.05, 4.69) is 14.9 Å². The number of aliphatic hydroxyl groups is 1. The molecule has 0 aliphatic rings. The van der Waals surface area contributed by atoms with Gasteiger partial charge in [-0.2, -0.15) is 0 Å². The Hall–Kier alpha value is -1.14. The molecule has 0 spiro atoms. The molecule has 5 nitrogen and oxygen atoms in total. The van der Waals surface area contributed by atoms with Gasteiger partial charge in [0.2, 0.25) is 0 Å². The van der Waals surface area contributed by atoms with Gasteiger partial charge in [0, 0.05) is 18.7 Å². The third-order valence-electron chi connectivity index (χ3n) is 3.10. The maximum atomic E-state index is 8.58. The molecule has 0 amide bonds. The number of imidazole rings is 1. The molecule has 0 aliphatic heterocycles. The normalized spacial score (nSPS) is 11.3. The smallest absolute Gasteiger partial charge is 0.123 e. The number of aryl methyl sites for hydroxylation is 1. The highest BCUT2D eigenvalue weighted by Gasteiger charge is 2.07. The number of ether oxygens (including phenoxy) is 1. The standard InChI is InChI=1S/C14H20ClN3O2/c1-18-13-4-3-11(15)9-12(13)17-14(18)10-16-5-2-7-20-8-6-19/h3-4,9,16,19H,2,5-8,10H2,1H3. The summed E-state index contributed by atoms with van der Waals surface area (Å²) in [6, 6.07) is 5.74. The van der Waals surface area contributed by atoms with E-state index >= 15 is 0 Å². The van der Waals surface area contributed by atoms with Gasteiger partial charge in [-0.3, -0.25) is 0 Å². The molecular weight excluding hydrogens is 278 g/mol. The molecule has 0 bridgehead atoms. The number of aliphatic hydroxyl groups excluding tert-OH is 1. The summed E-state index contributed by atoms with van der Waals surface area (Å²) in [6.07, 6.45) is 0.912. The fourth-order valence-electron chi connectivity index (χ4n) is 2.05. The van der Waals surface area contributed by atoms with Gasteiger partial charge in [-0.1, -0.05) is 11.6 Å². The van der Waals surface area contributed by atoms with Crippen molar-refractivity contribution in [2.24, 2.45) is 7.05 Å². The van der Waals surface area contributed by atoms with Gasteiger partial charge >= 0.3 is 0 Å². The lowest BCUT2D eigenvalue weighted by molar-refractivity contribution is 0.0907. The highest BCUT2D eigenvalue weighted by molar-refractivity contribution is 6.31. The fourth-order valence-corrected chi connectivity index (χ4v) is 2.21. The Kier molecular flexibility index (Phi) is 5.79. The minimum absolute atomic E-state index is 0.0792. The molecule has 0 radical (unpaired) electrons. The second-order valence-corrected chi connectivity index (χ2v) is 5.02. The molecule has 0 aliphatic carbocycles. The van der Waals surface area contributed by atoms with E-state index in [-0.39, 0.29) is 6.61 Å². The molecule has 110 valence electrons. The van der Waals surface area contributed by atoms with E-state index in [1.165, 1.54) is 0 Å². The lowest BCUT2D eigenvalue weighted by atomic mass is 10.3. The van der Waals surface area contributed by atoms with Crippen LogP contribution in [0.15, 0.2) is 18.2 Å². The molecule has 1 heterocycles. The van der Waals surface area contributed by atoms with Crippen molar-refractivity contribution in [1.82, 2.24) is 14.9 Å². The van der Waals surface area contributed by atoms with Crippen LogP contribution in [0.4, 0.5) is 0 Å². The molecule has 0 atom stereocenters. The van der Waals surface area contributed by atoms with Crippen LogP contribution in [0.5, 0.6) is 0 Å². The van der Waals surface area contributed by atoms with Gasteiger partial charge < -0.3 is 19.7 Å². The SMILES string of the molecule is Cn1c(CNCCCOCCO)nc2cc(Cl)ccc21. The summed E-state index contributed by atoms with van der Waals surface area (Å²) in [5.41, 5.74) is 2.00. The number of benzene rings is 1. The first-order valence-corrected chi connectivity index (χ1v) is 7.10. The van der Waals surface area contributed by atoms with E-state index < -0.39 is 0 Å². The van der Waals surface area contributed by atoms with Gasteiger partial charge in [-0.25, -0.2) is 4.98 Å². The average Bonchev–Trinajstić information content (AvgIpc) is 2.74. The lowest BCUT2D eigenvalue weighted by Crippen LogP contribution is -2.19. The Balaban J connectivity index is 1.83. The summed E-state index contributed by atoms with van der Waals surface area (Å²) in [5, 5.41) is 12.6. The molecule has 2 N–H and O–H groups in total. The summed E-state index contributed by atoms with van der Waals surface area (Å²) in [5.74, 6) is 0.985. The van der Waals surface area contributed by atoms with E-state index in [0.29, 0.717) is 24.8 Å². The van der Waals surface area contributed by atoms with Crippen molar-refractivity contribution < 1.29 is 9.84 Å². The van der Waals surface area contributed by atoms with Gasteiger partial charge in [-0.15, -0.1) is 0 Å². The van der Waals surface area contributed by atoms with E-state index in [1.807, 2.05) is 25.2 Å². The molecule has 20 heavy (non-hydrogen) atoms. The number of halogens is 1. The zero-order chi connectivity index (χ0) is 14.4. The zero-order valence-corrected chi connectivity index (χ0v) is 12.4. The molecular formula is C14H20ClN3O2. The maximum absolute atomic E-state index is 8.58. The van der Waals surface area contributed by atoms with Crippen LogP contribution in [0.3, 0.4) is 0 Å². The van der Waals surface area contributed by atoms with Crippen LogP contribution in [0, 0.1) is 0 Å². The highest BCUT2D eigenvalue weighted by atomic mass is 35.5. The number of hydrogen-bond donors (Lipinski definition) is 2. The first-order chi connectivity index (χ1) is 9.72. The monoisotopic (exact) mass is 297 g/mol. The van der Waals surface area contributed by atoms with Crippen LogP contribution in [0.1, 0.15) is 12.2 Å². The molecule has 0 saturated heterocycles. The number of aromatic nitrogens is 2. The van der Waals surface area contributed by atoms with Crippen molar-refractivity contribution in [3.8, 4) is 0 Å². The number of nitrogens with zero attached hydrogens (tertiary/aromatic N) is 2. The number of nitrogens with one attached hydrogen (secondary N) is 1. The molecule has 0 saturated carbocycles. The molecule has 1 aromatic carbocycles. The molecule has 1 aromatic heterocycles. The van der Waals surface area contributed by atoms with E-state index in [4.69, 9.17) is 21.4 Å². The predicted molar refractivity (Wildman–Crippen MR) is 80.0 cm³/mol. The van der Waals surface area contributed by atoms with Crippen molar-refractivity contribution >= 4 is 22.6 Å². The van der Waals surface area contributed by atoms with Gasteiger partial charge in [0.25, 0.3) is 0 Å². The van der Waals surface area contributed by atoms with E-state index in [1.54, 1.807) is 0 Å². The molecule has 0 fully saturated rings. The number of rotatable bonds is 8. The van der Waals surface area contributed by atoms with Gasteiger partial charge in [-0.05, 0) is 31.2 Å². The summed E-state index contributed by atoms with van der Waals surface area (Å²) in [7, 11) is 2.00. The maximum Gasteiger partial charge on any atom is 0.123 e. The van der Waals surface area contributed by atoms with Gasteiger partial charge in [0.1, 0.15) is 5.82 Å². The first kappa shape index (κ1) is 15.3. The fraction of sp³-hybridized carbons (Fsp3) is 0.500. The predicted octanol–water partition coefficient (Wildman–Crippen LogP) is 1.72. The Morgan fingerprint density at radius 2 is 2.25 bits per heavy atom. The summed E-state index contributed by atoms with van der Waals surface area (Å²) in [6.45, 7) is 2.71. The van der Waals surface area contributed by atoms with Crippen molar-refractivity contribution in [1.29, 1.82) is 0 Å². The van der Waals surface area contributed by atoms with E-state index in [0.717, 1.165) is 29.8 Å². The van der Waals surface area contributed by atoms with Crippen molar-refractivity contribution in [2.45, 2.75) is 13.0 Å². The summed E-state index contributed by atoms with van der Waals surface area (Å²) < 4.78 is 7.26. The molecule has 6 heteroatoms. The summed E-state index contributed by atoms with van der Waals surface area (Å²) in [4.78, 5) is 4.57. The van der Waals surface area contributed by atoms with Crippen LogP contribution in [0.25, 0.3) is 11.0 Å². The zero-order valence-electron chi connectivity index (χ0n) is 11.6. The molecule has 2 rings (SSSR count). The Labute approximate surface area is 123 Å². The Morgan fingerprint density at radius 3 is 3.05 bits per heavy atom. The summed E-state index contributed by atoms with van der Waals surface area (Å²) >= 11 is 5.97. The topological polar surface area (TPSA) is 59.3 Å². The van der Waals surface area contributed by atoms with Crippen molar-refractivity contribution in [3.05, 3.63) is 29.0 Å². The van der Waals surface area contributed by atoms with Crippen LogP contribution in [0.2, 0.25) is 5.02 Å². The van der Waals surface area contributed by atoms with Gasteiger partial charge in [0.05, 0.1) is 30.8 Å². The minimum atomic E-state index is 0.0792. The second-order valence-electron chi connectivity index (χ2n) is 4.59. The van der Waals surface area contributed by atoms with Crippen molar-refractivity contribution in [2.75, 3.05) is 26.4 Å². The minimum Gasteiger partial charge on any atom is -0.394 e. The van der Waals surface area contributed by atoms with Crippen molar-refractivity contribution in [3.63, 3.8) is 0 Å². The number of fused-ring (bicyclic) bond motifs is 1. The third-order valence-corrected chi connectivity index (χ3v) is 3.33. The Bertz CT molecular complexity index is 557. The largest absolute Gasteiger partial charge is 0.394 e. The van der Waals surface area contributed by atoms with Crippen LogP contribution in [-0.4, -0.2) is 41.0 Å². The van der Waals surface area contributed by atoms with Crippen LogP contribution in [-0.2, 0) is 18.3 Å². The van der Waals surface area contributed by atoms with E-state index in [9.17, 15) is 0 Å². The van der Waals surface area contributed by atoms with Gasteiger partial charge in [0.15, 0.2) is 0 Å². The average molecular weight is 298 g/mol. The lowest BCUT2D eigenvalue weighted by Gasteiger charge is -2.05. The molecule has 2 aromatic rings. The second kappa shape index (κ2) is 7.59. The first-order valence-electron chi connectivity index (χ1n) is 6.72. The van der Waals surface area contributed by atoms with Crippen LogP contribution < -0.4 is 5.32 Å². The highest BCUT2D eigenvalue weighted by Crippen LogP contribution is 2.19. The third kappa shape index (κ3) is 3.93. The molecule has 0 unspecified atom stereocenters. The van der Waals surface area contributed by atoms with Crippen LogP contribution >= 0.6 is 11.6 Å². The number of hydrogen-bond acceptors (Lipinski definition) is 4. The quantitative estimate of drug-likeness (QED) is 0.728. The Morgan fingerprint density at radius 1 is 1.40 bits per heavy atom.